The van der Waals surface area contributed by atoms with Crippen LogP contribution in [0, 0.1) is 13.8 Å². The highest BCUT2D eigenvalue weighted by Gasteiger charge is 2.33. The minimum absolute atomic E-state index is 0.0299. The minimum Gasteiger partial charge on any atom is -0.466 e. The van der Waals surface area contributed by atoms with Gasteiger partial charge in [0.2, 0.25) is 11.8 Å². The lowest BCUT2D eigenvalue weighted by Crippen LogP contribution is -2.48. The fourth-order valence-electron chi connectivity index (χ4n) is 3.59. The summed E-state index contributed by atoms with van der Waals surface area (Å²) in [6.07, 6.45) is 0.814. The summed E-state index contributed by atoms with van der Waals surface area (Å²) in [5.74, 6) is -1.21. The molecule has 0 heterocycles. The number of amides is 3. The molecule has 1 atom stereocenters. The van der Waals surface area contributed by atoms with Crippen LogP contribution in [0.5, 0.6) is 0 Å². The van der Waals surface area contributed by atoms with E-state index in [1.165, 1.54) is 4.90 Å². The van der Waals surface area contributed by atoms with Crippen molar-refractivity contribution in [3.63, 3.8) is 0 Å². The second-order valence-electron chi connectivity index (χ2n) is 9.35. The summed E-state index contributed by atoms with van der Waals surface area (Å²) in [5, 5.41) is 5.28. The van der Waals surface area contributed by atoms with Crippen molar-refractivity contribution in [2.45, 2.75) is 79.4 Å². The number of carbonyl (C=O) groups is 4. The van der Waals surface area contributed by atoms with E-state index in [1.807, 2.05) is 39.0 Å². The van der Waals surface area contributed by atoms with Gasteiger partial charge in [-0.2, -0.15) is 0 Å². The zero-order valence-electron chi connectivity index (χ0n) is 22.2. The Morgan fingerprint density at radius 1 is 1.03 bits per heavy atom. The van der Waals surface area contributed by atoms with Crippen molar-refractivity contribution >= 4 is 23.9 Å². The first-order valence-corrected chi connectivity index (χ1v) is 12.2. The maximum absolute atomic E-state index is 13.5. The molecule has 0 fully saturated rings. The highest BCUT2D eigenvalue weighted by atomic mass is 16.6. The van der Waals surface area contributed by atoms with Gasteiger partial charge >= 0.3 is 12.1 Å². The second kappa shape index (κ2) is 14.3. The van der Waals surface area contributed by atoms with Gasteiger partial charge in [0.15, 0.2) is 0 Å². The van der Waals surface area contributed by atoms with Gasteiger partial charge in [0, 0.05) is 13.1 Å². The SMILES string of the molecule is CCCCN(C(=O)CNC(=O)OC(C)(C)C)C(C(=O)NCCC(=O)OCC)c1c(C)cccc1C. The van der Waals surface area contributed by atoms with E-state index in [-0.39, 0.29) is 26.1 Å². The van der Waals surface area contributed by atoms with Gasteiger partial charge in [0.05, 0.1) is 13.0 Å². The van der Waals surface area contributed by atoms with Crippen LogP contribution in [-0.4, -0.2) is 60.6 Å². The molecule has 0 aliphatic rings. The van der Waals surface area contributed by atoms with E-state index in [0.29, 0.717) is 13.0 Å². The highest BCUT2D eigenvalue weighted by molar-refractivity contribution is 5.91. The van der Waals surface area contributed by atoms with E-state index in [1.54, 1.807) is 27.7 Å². The summed E-state index contributed by atoms with van der Waals surface area (Å²) in [5.41, 5.74) is 1.76. The molecule has 0 aliphatic carbocycles. The molecule has 9 nitrogen and oxygen atoms in total. The van der Waals surface area contributed by atoms with Gasteiger partial charge in [-0.1, -0.05) is 31.5 Å². The Hall–Kier alpha value is -3.10. The summed E-state index contributed by atoms with van der Waals surface area (Å²) in [6.45, 7) is 13.1. The molecule has 1 aromatic carbocycles. The van der Waals surface area contributed by atoms with Crippen LogP contribution < -0.4 is 10.6 Å². The van der Waals surface area contributed by atoms with Crippen LogP contribution in [0.15, 0.2) is 18.2 Å². The van der Waals surface area contributed by atoms with Gasteiger partial charge in [-0.25, -0.2) is 4.79 Å². The Bertz CT molecular complexity index is 858. The maximum Gasteiger partial charge on any atom is 0.408 e. The number of rotatable bonds is 12. The number of aryl methyl sites for hydroxylation is 2. The molecule has 0 spiro atoms. The second-order valence-corrected chi connectivity index (χ2v) is 9.35. The summed E-state index contributed by atoms with van der Waals surface area (Å²) in [4.78, 5) is 52.1. The van der Waals surface area contributed by atoms with Crippen LogP contribution >= 0.6 is 0 Å². The summed E-state index contributed by atoms with van der Waals surface area (Å²) >= 11 is 0. The fourth-order valence-corrected chi connectivity index (χ4v) is 3.59. The van der Waals surface area contributed by atoms with Gasteiger partial charge < -0.3 is 25.0 Å². The van der Waals surface area contributed by atoms with E-state index in [9.17, 15) is 19.2 Å². The molecular weight excluding hydrogens is 450 g/mol. The molecule has 0 bridgehead atoms. The molecule has 9 heteroatoms. The van der Waals surface area contributed by atoms with Crippen molar-refractivity contribution in [1.29, 1.82) is 0 Å². The smallest absolute Gasteiger partial charge is 0.408 e. The van der Waals surface area contributed by atoms with Gasteiger partial charge in [-0.15, -0.1) is 0 Å². The molecule has 1 aromatic rings. The number of unbranched alkanes of at least 4 members (excludes halogenated alkanes) is 1. The van der Waals surface area contributed by atoms with Gasteiger partial charge in [0.25, 0.3) is 0 Å². The predicted octanol–water partition coefficient (Wildman–Crippen LogP) is 3.57. The number of hydrogen-bond donors (Lipinski definition) is 2. The summed E-state index contributed by atoms with van der Waals surface area (Å²) in [7, 11) is 0. The van der Waals surface area contributed by atoms with Crippen molar-refractivity contribution in [2.75, 3.05) is 26.2 Å². The Morgan fingerprint density at radius 2 is 1.66 bits per heavy atom. The standard InChI is InChI=1S/C26H41N3O6/c1-8-10-16-29(20(30)17-28-25(33)35-26(5,6)7)23(22-18(3)12-11-13-19(22)4)24(32)27-15-14-21(31)34-9-2/h11-13,23H,8-10,14-17H2,1-7H3,(H,27,32)(H,28,33). The maximum atomic E-state index is 13.5. The first kappa shape index (κ1) is 29.9. The lowest BCUT2D eigenvalue weighted by molar-refractivity contribution is -0.143. The average Bonchev–Trinajstić information content (AvgIpc) is 2.75. The van der Waals surface area contributed by atoms with Crippen molar-refractivity contribution in [2.24, 2.45) is 0 Å². The monoisotopic (exact) mass is 491 g/mol. The zero-order chi connectivity index (χ0) is 26.6. The Morgan fingerprint density at radius 3 is 2.20 bits per heavy atom. The third-order valence-electron chi connectivity index (χ3n) is 5.17. The van der Waals surface area contributed by atoms with Crippen LogP contribution in [0.25, 0.3) is 0 Å². The summed E-state index contributed by atoms with van der Waals surface area (Å²) in [6, 6.07) is 4.76. The number of nitrogens with one attached hydrogen (secondary N) is 2. The Kier molecular flexibility index (Phi) is 12.3. The molecule has 0 aliphatic heterocycles. The summed E-state index contributed by atoms with van der Waals surface area (Å²) < 4.78 is 10.2. The molecule has 0 aromatic heterocycles. The lowest BCUT2D eigenvalue weighted by Gasteiger charge is -2.33. The number of nitrogens with zero attached hydrogens (tertiary/aromatic N) is 1. The van der Waals surface area contributed by atoms with E-state index in [0.717, 1.165) is 23.1 Å². The molecule has 0 radical (unpaired) electrons. The lowest BCUT2D eigenvalue weighted by atomic mass is 9.93. The number of esters is 1. The molecule has 35 heavy (non-hydrogen) atoms. The van der Waals surface area contributed by atoms with E-state index < -0.39 is 35.5 Å². The largest absolute Gasteiger partial charge is 0.466 e. The van der Waals surface area contributed by atoms with Crippen LogP contribution in [0.2, 0.25) is 0 Å². The fraction of sp³-hybridized carbons (Fsp3) is 0.615. The molecular formula is C26H41N3O6. The van der Waals surface area contributed by atoms with E-state index in [4.69, 9.17) is 9.47 Å². The molecule has 3 amide bonds. The Balaban J connectivity index is 3.22. The average molecular weight is 492 g/mol. The minimum atomic E-state index is -0.919. The van der Waals surface area contributed by atoms with Crippen molar-refractivity contribution in [1.82, 2.24) is 15.5 Å². The number of carbonyl (C=O) groups excluding carboxylic acids is 4. The highest BCUT2D eigenvalue weighted by Crippen LogP contribution is 2.28. The van der Waals surface area contributed by atoms with Gasteiger partial charge in [0.1, 0.15) is 18.2 Å². The molecule has 1 rings (SSSR count). The van der Waals surface area contributed by atoms with E-state index >= 15 is 0 Å². The van der Waals surface area contributed by atoms with Crippen molar-refractivity contribution < 1.29 is 28.7 Å². The quantitative estimate of drug-likeness (QED) is 0.432. The number of hydrogen-bond acceptors (Lipinski definition) is 6. The third kappa shape index (κ3) is 10.4. The number of ether oxygens (including phenoxy) is 2. The molecule has 0 saturated heterocycles. The van der Waals surface area contributed by atoms with Crippen LogP contribution in [0.3, 0.4) is 0 Å². The van der Waals surface area contributed by atoms with Crippen LogP contribution in [0.1, 0.15) is 76.6 Å². The number of alkyl carbamates (subject to hydrolysis) is 1. The van der Waals surface area contributed by atoms with Crippen LogP contribution in [-0.2, 0) is 23.9 Å². The Labute approximate surface area is 208 Å². The van der Waals surface area contributed by atoms with E-state index in [2.05, 4.69) is 10.6 Å². The zero-order valence-corrected chi connectivity index (χ0v) is 22.2. The third-order valence-corrected chi connectivity index (χ3v) is 5.17. The molecule has 1 unspecified atom stereocenters. The van der Waals surface area contributed by atoms with Crippen molar-refractivity contribution in [3.8, 4) is 0 Å². The predicted molar refractivity (Wildman–Crippen MR) is 134 cm³/mol. The van der Waals surface area contributed by atoms with Crippen LogP contribution in [0.4, 0.5) is 4.79 Å². The van der Waals surface area contributed by atoms with Gasteiger partial charge in [-0.05, 0) is 64.7 Å². The topological polar surface area (TPSA) is 114 Å². The normalized spacial score (nSPS) is 11.9. The van der Waals surface area contributed by atoms with Gasteiger partial charge in [-0.3, -0.25) is 14.4 Å². The first-order valence-electron chi connectivity index (χ1n) is 12.2. The number of benzene rings is 1. The first-order chi connectivity index (χ1) is 16.4. The molecule has 2 N–H and O–H groups in total. The molecule has 0 saturated carbocycles. The van der Waals surface area contributed by atoms with Crippen molar-refractivity contribution in [3.05, 3.63) is 34.9 Å². The molecule has 196 valence electrons.